The number of carbonyl (C=O) groups is 2. The Bertz CT molecular complexity index is 1500. The SMILES string of the molecule is CCOc1cccc(F)c1CN1CCN(C(=O)[C@H](NC(=O)OCc2ccccc2)C2CCN(CCC3CCc4ccccc43)CC2)CC1. The van der Waals surface area contributed by atoms with Crippen LogP contribution < -0.4 is 10.1 Å². The number of likely N-dealkylation sites (tertiary alicyclic amines) is 1. The molecule has 0 bridgehead atoms. The summed E-state index contributed by atoms with van der Waals surface area (Å²) >= 11 is 0. The van der Waals surface area contributed by atoms with Crippen molar-refractivity contribution in [3.05, 3.63) is 101 Å². The molecule has 2 fully saturated rings. The van der Waals surface area contributed by atoms with Crippen LogP contribution in [-0.4, -0.2) is 85.2 Å². The Kier molecular flexibility index (Phi) is 11.6. The molecule has 0 radical (unpaired) electrons. The van der Waals surface area contributed by atoms with E-state index < -0.39 is 12.1 Å². The third-order valence-electron chi connectivity index (χ3n) is 10.3. The van der Waals surface area contributed by atoms with Crippen LogP contribution in [0.5, 0.6) is 5.75 Å². The Balaban J connectivity index is 1.05. The topological polar surface area (TPSA) is 74.3 Å². The number of piperazine rings is 1. The van der Waals surface area contributed by atoms with Crippen LogP contribution in [0.15, 0.2) is 72.8 Å². The average Bonchev–Trinajstić information content (AvgIpc) is 3.54. The first-order valence-electron chi connectivity index (χ1n) is 17.7. The number of hydrogen-bond acceptors (Lipinski definition) is 6. The summed E-state index contributed by atoms with van der Waals surface area (Å²) < 4.78 is 26.0. The van der Waals surface area contributed by atoms with Crippen LogP contribution in [0.4, 0.5) is 9.18 Å². The monoisotopic (exact) mass is 656 g/mol. The van der Waals surface area contributed by atoms with E-state index in [1.807, 2.05) is 42.2 Å². The van der Waals surface area contributed by atoms with Gasteiger partial charge in [0.25, 0.3) is 0 Å². The highest BCUT2D eigenvalue weighted by molar-refractivity contribution is 5.86. The van der Waals surface area contributed by atoms with E-state index in [1.54, 1.807) is 12.1 Å². The van der Waals surface area contributed by atoms with Crippen molar-refractivity contribution >= 4 is 12.0 Å². The van der Waals surface area contributed by atoms with Crippen LogP contribution in [0, 0.1) is 11.7 Å². The molecule has 2 saturated heterocycles. The molecule has 0 aromatic heterocycles. The van der Waals surface area contributed by atoms with Crippen molar-refractivity contribution < 1.29 is 23.5 Å². The highest BCUT2D eigenvalue weighted by Gasteiger charge is 2.37. The maximum absolute atomic E-state index is 14.7. The van der Waals surface area contributed by atoms with Gasteiger partial charge in [-0.05, 0) is 99.3 Å². The number of nitrogens with one attached hydrogen (secondary N) is 1. The van der Waals surface area contributed by atoms with E-state index in [0.29, 0.717) is 56.6 Å². The molecule has 3 aromatic rings. The molecule has 9 heteroatoms. The van der Waals surface area contributed by atoms with E-state index in [2.05, 4.69) is 39.4 Å². The third-order valence-corrected chi connectivity index (χ3v) is 10.3. The predicted molar refractivity (Wildman–Crippen MR) is 184 cm³/mol. The van der Waals surface area contributed by atoms with Crippen LogP contribution in [0.25, 0.3) is 0 Å². The minimum absolute atomic E-state index is 0.0235. The van der Waals surface area contributed by atoms with Gasteiger partial charge in [-0.1, -0.05) is 60.7 Å². The van der Waals surface area contributed by atoms with Gasteiger partial charge < -0.3 is 24.6 Å². The van der Waals surface area contributed by atoms with Crippen molar-refractivity contribution in [3.63, 3.8) is 0 Å². The first-order valence-corrected chi connectivity index (χ1v) is 17.7. The second-order valence-electron chi connectivity index (χ2n) is 13.3. The second kappa shape index (κ2) is 16.4. The molecule has 1 N–H and O–H groups in total. The van der Waals surface area contributed by atoms with E-state index in [4.69, 9.17) is 9.47 Å². The number of carbonyl (C=O) groups excluding carboxylic acids is 2. The molecule has 0 saturated carbocycles. The van der Waals surface area contributed by atoms with Crippen molar-refractivity contribution in [2.45, 2.75) is 64.1 Å². The molecule has 2 atom stereocenters. The van der Waals surface area contributed by atoms with Crippen molar-refractivity contribution in [3.8, 4) is 5.75 Å². The smallest absolute Gasteiger partial charge is 0.408 e. The van der Waals surface area contributed by atoms with Gasteiger partial charge in [0.15, 0.2) is 0 Å². The zero-order chi connectivity index (χ0) is 33.3. The largest absolute Gasteiger partial charge is 0.493 e. The fraction of sp³-hybridized carbons (Fsp3) is 0.487. The number of fused-ring (bicyclic) bond motifs is 1. The van der Waals surface area contributed by atoms with Crippen molar-refractivity contribution in [1.29, 1.82) is 0 Å². The lowest BCUT2D eigenvalue weighted by Gasteiger charge is -2.40. The highest BCUT2D eigenvalue weighted by Crippen LogP contribution is 2.36. The standard InChI is InChI=1S/C39H49FN4O4/c1-2-47-36-14-8-13-35(40)34(36)27-43-23-25-44(26-24-43)38(45)37(41-39(46)48-28-29-9-4-3-5-10-29)32-18-21-42(22-19-32)20-17-31-16-15-30-11-6-7-12-33(30)31/h3-14,31-32,37H,2,15-28H2,1H3,(H,41,46)/t31?,37-/m1/s1. The number of hydrogen-bond donors (Lipinski definition) is 1. The molecule has 0 spiro atoms. The maximum atomic E-state index is 14.7. The van der Waals surface area contributed by atoms with E-state index in [0.717, 1.165) is 44.5 Å². The van der Waals surface area contributed by atoms with Gasteiger partial charge in [0.1, 0.15) is 24.2 Å². The minimum Gasteiger partial charge on any atom is -0.493 e. The predicted octanol–water partition coefficient (Wildman–Crippen LogP) is 6.00. The fourth-order valence-corrected chi connectivity index (χ4v) is 7.60. The summed E-state index contributed by atoms with van der Waals surface area (Å²) in [5.74, 6) is 0.867. The number of amides is 2. The van der Waals surface area contributed by atoms with Gasteiger partial charge in [0, 0.05) is 38.3 Å². The molecule has 8 nitrogen and oxygen atoms in total. The summed E-state index contributed by atoms with van der Waals surface area (Å²) in [5.41, 5.74) is 4.45. The number of halogens is 1. The van der Waals surface area contributed by atoms with Crippen molar-refractivity contribution in [2.75, 3.05) is 52.4 Å². The highest BCUT2D eigenvalue weighted by atomic mass is 19.1. The number of rotatable bonds is 12. The van der Waals surface area contributed by atoms with Crippen LogP contribution in [0.3, 0.4) is 0 Å². The van der Waals surface area contributed by atoms with E-state index in [1.165, 1.54) is 30.0 Å². The Morgan fingerprint density at radius 1 is 0.875 bits per heavy atom. The molecule has 6 rings (SSSR count). The van der Waals surface area contributed by atoms with Crippen molar-refractivity contribution in [1.82, 2.24) is 20.0 Å². The first-order chi connectivity index (χ1) is 23.5. The molecule has 3 aliphatic rings. The number of piperidine rings is 1. The Morgan fingerprint density at radius 2 is 1.62 bits per heavy atom. The normalized spacial score (nSPS) is 19.5. The molecule has 2 aliphatic heterocycles. The quantitative estimate of drug-likeness (QED) is 0.258. The van der Waals surface area contributed by atoms with Crippen LogP contribution in [-0.2, 0) is 29.1 Å². The number of benzene rings is 3. The zero-order valence-electron chi connectivity index (χ0n) is 28.1. The average molecular weight is 657 g/mol. The van der Waals surface area contributed by atoms with Gasteiger partial charge in [-0.15, -0.1) is 0 Å². The maximum Gasteiger partial charge on any atom is 0.408 e. The molecule has 2 amide bonds. The van der Waals surface area contributed by atoms with Gasteiger partial charge in [-0.3, -0.25) is 9.69 Å². The number of nitrogens with zero attached hydrogens (tertiary/aromatic N) is 3. The molecule has 3 aromatic carbocycles. The van der Waals surface area contributed by atoms with Crippen LogP contribution in [0.1, 0.15) is 60.8 Å². The van der Waals surface area contributed by atoms with E-state index >= 15 is 0 Å². The third kappa shape index (κ3) is 8.55. The van der Waals surface area contributed by atoms with Gasteiger partial charge in [0.2, 0.25) is 5.91 Å². The zero-order valence-corrected chi connectivity index (χ0v) is 28.1. The lowest BCUT2D eigenvalue weighted by atomic mass is 9.88. The lowest BCUT2D eigenvalue weighted by Crippen LogP contribution is -2.58. The van der Waals surface area contributed by atoms with Gasteiger partial charge in [-0.2, -0.15) is 0 Å². The molecule has 2 heterocycles. The summed E-state index contributed by atoms with van der Waals surface area (Å²) in [5, 5.41) is 2.99. The molecule has 1 aliphatic carbocycles. The van der Waals surface area contributed by atoms with E-state index in [9.17, 15) is 14.0 Å². The summed E-state index contributed by atoms with van der Waals surface area (Å²) in [7, 11) is 0. The molecule has 256 valence electrons. The summed E-state index contributed by atoms with van der Waals surface area (Å²) in [4.78, 5) is 33.7. The minimum atomic E-state index is -0.653. The van der Waals surface area contributed by atoms with Gasteiger partial charge in [-0.25, -0.2) is 9.18 Å². The second-order valence-corrected chi connectivity index (χ2v) is 13.3. The molecular weight excluding hydrogens is 607 g/mol. The van der Waals surface area contributed by atoms with Crippen LogP contribution >= 0.6 is 0 Å². The van der Waals surface area contributed by atoms with Crippen LogP contribution in [0.2, 0.25) is 0 Å². The first kappa shape index (κ1) is 33.9. The lowest BCUT2D eigenvalue weighted by molar-refractivity contribution is -0.137. The Hall–Kier alpha value is -3.95. The summed E-state index contributed by atoms with van der Waals surface area (Å²) in [6, 6.07) is 22.7. The van der Waals surface area contributed by atoms with E-state index in [-0.39, 0.29) is 24.2 Å². The number of ether oxygens (including phenoxy) is 2. The summed E-state index contributed by atoms with van der Waals surface area (Å²) in [6.07, 6.45) is 4.65. The number of alkyl carbamates (subject to hydrolysis) is 1. The molecule has 1 unspecified atom stereocenters. The Labute approximate surface area is 284 Å². The Morgan fingerprint density at radius 3 is 2.40 bits per heavy atom. The number of aryl methyl sites for hydroxylation is 1. The van der Waals surface area contributed by atoms with Gasteiger partial charge in [0.05, 0.1) is 6.61 Å². The molecular formula is C39H49FN4O4. The molecule has 48 heavy (non-hydrogen) atoms. The van der Waals surface area contributed by atoms with Gasteiger partial charge >= 0.3 is 6.09 Å². The fourth-order valence-electron chi connectivity index (χ4n) is 7.60. The summed E-state index contributed by atoms with van der Waals surface area (Å²) in [6.45, 7) is 8.02. The van der Waals surface area contributed by atoms with Crippen molar-refractivity contribution in [2.24, 2.45) is 5.92 Å².